The van der Waals surface area contributed by atoms with Crippen LogP contribution in [0.25, 0.3) is 0 Å². The summed E-state index contributed by atoms with van der Waals surface area (Å²) in [5, 5.41) is 7.08. The van der Waals surface area contributed by atoms with Gasteiger partial charge in [-0.3, -0.25) is 9.59 Å². The zero-order valence-corrected chi connectivity index (χ0v) is 12.2. The number of amides is 2. The summed E-state index contributed by atoms with van der Waals surface area (Å²) in [6.45, 7) is 0. The highest BCUT2D eigenvalue weighted by atomic mass is 32.2. The number of carbonyl (C=O) groups is 2. The maximum Gasteiger partial charge on any atom is 0.269 e. The topological polar surface area (TPSA) is 194 Å². The number of primary amides is 2. The van der Waals surface area contributed by atoms with Gasteiger partial charge in [-0.25, -0.2) is 13.2 Å². The fourth-order valence-electron chi connectivity index (χ4n) is 1.15. The minimum Gasteiger partial charge on any atom is -0.364 e. The highest BCUT2D eigenvalue weighted by molar-refractivity contribution is 7.91. The van der Waals surface area contributed by atoms with Crippen molar-refractivity contribution in [2.75, 3.05) is 16.9 Å². The number of carbonyl (C=O) groups excluding carboxylic acids is 2. The van der Waals surface area contributed by atoms with Gasteiger partial charge in [-0.15, -0.1) is 10.2 Å². The predicted molar refractivity (Wildman–Crippen MR) is 75.8 cm³/mol. The average Bonchev–Trinajstić information content (AvgIpc) is 2.97. The van der Waals surface area contributed by atoms with Gasteiger partial charge in [-0.1, -0.05) is 0 Å². The third-order valence-corrected chi connectivity index (χ3v) is 2.48. The van der Waals surface area contributed by atoms with Gasteiger partial charge in [-0.05, 0) is 12.1 Å². The summed E-state index contributed by atoms with van der Waals surface area (Å²) in [5.74, 6) is 3.83. The van der Waals surface area contributed by atoms with Crippen molar-refractivity contribution in [3.63, 3.8) is 0 Å². The van der Waals surface area contributed by atoms with Crippen LogP contribution in [0.15, 0.2) is 24.5 Å². The maximum atomic E-state index is 10.7. The van der Waals surface area contributed by atoms with Crippen LogP contribution in [0.2, 0.25) is 0 Å². The lowest BCUT2D eigenvalue weighted by Crippen LogP contribution is -2.23. The van der Waals surface area contributed by atoms with Crippen molar-refractivity contribution in [2.24, 2.45) is 11.5 Å². The van der Waals surface area contributed by atoms with Gasteiger partial charge in [0.05, 0.1) is 12.5 Å². The first kappa shape index (κ1) is 17.0. The average molecular weight is 330 g/mol. The molecule has 0 aliphatic rings. The molecule has 0 saturated heterocycles. The van der Waals surface area contributed by atoms with E-state index in [9.17, 15) is 18.0 Å². The summed E-state index contributed by atoms with van der Waals surface area (Å²) in [6.07, 6.45) is 3.69. The van der Waals surface area contributed by atoms with E-state index in [2.05, 4.69) is 10.2 Å². The fraction of sp³-hybridized carbons (Fsp3) is 0.111. The summed E-state index contributed by atoms with van der Waals surface area (Å²) in [5.41, 5.74) is 9.93. The Morgan fingerprint density at radius 1 is 1.09 bits per heavy atom. The largest absolute Gasteiger partial charge is 0.364 e. The van der Waals surface area contributed by atoms with E-state index in [1.807, 2.05) is 4.83 Å². The molecule has 22 heavy (non-hydrogen) atoms. The highest BCUT2D eigenvalue weighted by Gasteiger charge is 2.06. The second-order valence-corrected chi connectivity index (χ2v) is 5.65. The molecule has 2 amide bonds. The number of hydrogen-bond acceptors (Lipinski definition) is 7. The summed E-state index contributed by atoms with van der Waals surface area (Å²) < 4.78 is 21.4. The zero-order valence-electron chi connectivity index (χ0n) is 11.4. The Hall–Kier alpha value is -3.09. The number of nitrogen functional groups attached to an aromatic ring is 1. The van der Waals surface area contributed by atoms with E-state index in [0.29, 0.717) is 0 Å². The van der Waals surface area contributed by atoms with E-state index in [0.717, 1.165) is 15.8 Å². The number of hydrogen-bond donors (Lipinski definition) is 4. The summed E-state index contributed by atoms with van der Waals surface area (Å²) in [6, 6.07) is 2.75. The van der Waals surface area contributed by atoms with Gasteiger partial charge in [0.15, 0.2) is 11.4 Å². The molecule has 12 nitrogen and oxygen atoms in total. The van der Waals surface area contributed by atoms with Crippen molar-refractivity contribution >= 4 is 21.8 Å². The van der Waals surface area contributed by atoms with E-state index in [1.54, 1.807) is 0 Å². The van der Waals surface area contributed by atoms with E-state index < -0.39 is 21.8 Å². The molecule has 0 aromatic carbocycles. The standard InChI is InChI=1S/C5H8N4O3S.C4H6N4O/c1-13(11,12)8-9-3-2-4(7-9)5(6)10;5-4(9)3-1-2-8(6)7-3/h2-3,8H,1H3,(H2,6,10);1-2H,6H2,(H2,5,9). The zero-order chi connectivity index (χ0) is 16.9. The number of nitrogens with two attached hydrogens (primary N) is 3. The van der Waals surface area contributed by atoms with E-state index in [4.69, 9.17) is 17.3 Å². The van der Waals surface area contributed by atoms with Crippen LogP contribution in [0.5, 0.6) is 0 Å². The Labute approximate surface area is 124 Å². The molecule has 120 valence electrons. The lowest BCUT2D eigenvalue weighted by atomic mass is 10.4. The van der Waals surface area contributed by atoms with Gasteiger partial charge in [0.1, 0.15) is 0 Å². The molecule has 0 spiro atoms. The molecule has 0 saturated carbocycles. The molecule has 0 unspecified atom stereocenters. The van der Waals surface area contributed by atoms with Crippen LogP contribution >= 0.6 is 0 Å². The molecule has 7 N–H and O–H groups in total. The quantitative estimate of drug-likeness (QED) is 0.434. The maximum absolute atomic E-state index is 10.7. The first-order chi connectivity index (χ1) is 10.1. The second-order valence-electron chi connectivity index (χ2n) is 3.92. The number of nitrogens with one attached hydrogen (secondary N) is 1. The predicted octanol–water partition coefficient (Wildman–Crippen LogP) is -2.82. The molecular weight excluding hydrogens is 316 g/mol. The first-order valence-electron chi connectivity index (χ1n) is 5.52. The van der Waals surface area contributed by atoms with Crippen LogP contribution in [0, 0.1) is 0 Å². The smallest absolute Gasteiger partial charge is 0.269 e. The van der Waals surface area contributed by atoms with Crippen LogP contribution in [0.1, 0.15) is 21.0 Å². The monoisotopic (exact) mass is 330 g/mol. The molecule has 0 atom stereocenters. The van der Waals surface area contributed by atoms with Gasteiger partial charge in [0.2, 0.25) is 10.0 Å². The van der Waals surface area contributed by atoms with Crippen molar-refractivity contribution in [1.82, 2.24) is 19.8 Å². The Morgan fingerprint density at radius 2 is 1.59 bits per heavy atom. The van der Waals surface area contributed by atoms with Gasteiger partial charge >= 0.3 is 0 Å². The van der Waals surface area contributed by atoms with Crippen LogP contribution in [0.4, 0.5) is 0 Å². The number of rotatable bonds is 4. The molecule has 0 bridgehead atoms. The van der Waals surface area contributed by atoms with Crippen LogP contribution in [-0.2, 0) is 10.0 Å². The van der Waals surface area contributed by atoms with Crippen molar-refractivity contribution in [2.45, 2.75) is 0 Å². The third-order valence-electron chi connectivity index (χ3n) is 1.96. The molecule has 2 aromatic rings. The number of aromatic nitrogens is 4. The molecule has 2 aromatic heterocycles. The van der Waals surface area contributed by atoms with Crippen molar-refractivity contribution in [1.29, 1.82) is 0 Å². The summed E-state index contributed by atoms with van der Waals surface area (Å²) in [7, 11) is -3.39. The Kier molecular flexibility index (Phi) is 5.07. The SMILES string of the molecule is CS(=O)(=O)Nn1ccc(C(N)=O)n1.NC(=O)c1ccn(N)n1. The Bertz CT molecular complexity index is 777. The van der Waals surface area contributed by atoms with Gasteiger partial charge < -0.3 is 17.3 Å². The summed E-state index contributed by atoms with van der Waals surface area (Å²) >= 11 is 0. The van der Waals surface area contributed by atoms with Crippen LogP contribution in [-0.4, -0.2) is 46.3 Å². The Morgan fingerprint density at radius 3 is 1.91 bits per heavy atom. The molecule has 0 aliphatic carbocycles. The molecule has 0 fully saturated rings. The Balaban J connectivity index is 0.000000235. The third kappa shape index (κ3) is 5.49. The van der Waals surface area contributed by atoms with Crippen LogP contribution < -0.4 is 22.1 Å². The summed E-state index contributed by atoms with van der Waals surface area (Å²) in [4.78, 5) is 24.8. The molecule has 2 rings (SSSR count). The van der Waals surface area contributed by atoms with Crippen molar-refractivity contribution in [3.8, 4) is 0 Å². The molecule has 13 heteroatoms. The van der Waals surface area contributed by atoms with Gasteiger partial charge in [-0.2, -0.15) is 9.58 Å². The lowest BCUT2D eigenvalue weighted by Gasteiger charge is -2.00. The van der Waals surface area contributed by atoms with E-state index in [-0.39, 0.29) is 11.4 Å². The van der Waals surface area contributed by atoms with Crippen LogP contribution in [0.3, 0.4) is 0 Å². The second kappa shape index (κ2) is 6.57. The van der Waals surface area contributed by atoms with Crippen molar-refractivity contribution < 1.29 is 18.0 Å². The lowest BCUT2D eigenvalue weighted by molar-refractivity contribution is 0.0986. The number of sulfonamides is 1. The normalized spacial score (nSPS) is 10.4. The van der Waals surface area contributed by atoms with Gasteiger partial charge in [0, 0.05) is 6.20 Å². The van der Waals surface area contributed by atoms with Crippen molar-refractivity contribution in [3.05, 3.63) is 35.9 Å². The minimum absolute atomic E-state index is 0.00356. The molecule has 0 aliphatic heterocycles. The van der Waals surface area contributed by atoms with E-state index in [1.165, 1.54) is 24.5 Å². The molecule has 0 radical (unpaired) electrons. The molecular formula is C9H14N8O4S. The number of nitrogens with zero attached hydrogens (tertiary/aromatic N) is 4. The molecule has 2 heterocycles. The van der Waals surface area contributed by atoms with E-state index >= 15 is 0 Å². The minimum atomic E-state index is -3.39. The van der Waals surface area contributed by atoms with Gasteiger partial charge in [0.25, 0.3) is 11.8 Å². The highest BCUT2D eigenvalue weighted by Crippen LogP contribution is 1.92. The first-order valence-corrected chi connectivity index (χ1v) is 7.41. The fourth-order valence-corrected chi connectivity index (χ4v) is 1.59.